The number of likely N-dealkylation sites (tertiary alicyclic amines) is 1. The number of benzene rings is 3. The molecule has 4 aromatic rings. The van der Waals surface area contributed by atoms with Gasteiger partial charge in [-0.2, -0.15) is 17.1 Å². The lowest BCUT2D eigenvalue weighted by molar-refractivity contribution is -0.144. The van der Waals surface area contributed by atoms with Gasteiger partial charge in [0.25, 0.3) is 5.56 Å². The minimum absolute atomic E-state index is 0.0103. The molecule has 17 heteroatoms. The lowest BCUT2D eigenvalue weighted by Crippen LogP contribution is -2.49. The van der Waals surface area contributed by atoms with Gasteiger partial charge in [-0.1, -0.05) is 22.0 Å². The highest BCUT2D eigenvalue weighted by atomic mass is 79.9. The Kier molecular flexibility index (Phi) is 15.4. The van der Waals surface area contributed by atoms with Crippen LogP contribution in [0, 0.1) is 32.4 Å². The van der Waals surface area contributed by atoms with Crippen LogP contribution in [0.15, 0.2) is 64.0 Å². The van der Waals surface area contributed by atoms with Crippen molar-refractivity contribution in [1.82, 2.24) is 14.8 Å². The highest BCUT2D eigenvalue weighted by Gasteiger charge is 2.37. The highest BCUT2D eigenvalue weighted by Crippen LogP contribution is 2.38. The van der Waals surface area contributed by atoms with Crippen molar-refractivity contribution in [2.45, 2.75) is 65.0 Å². The normalized spacial score (nSPS) is 14.3. The van der Waals surface area contributed by atoms with Gasteiger partial charge >= 0.3 is 12.1 Å². The molecular formula is C40H41BrF7N3O5S. The van der Waals surface area contributed by atoms with Crippen molar-refractivity contribution in [1.29, 1.82) is 0 Å². The number of pyridine rings is 1. The summed E-state index contributed by atoms with van der Waals surface area (Å²) in [5.74, 6) is -3.91. The Balaban J connectivity index is 0.00000232. The van der Waals surface area contributed by atoms with Gasteiger partial charge < -0.3 is 15.2 Å². The molecule has 1 amide bonds. The van der Waals surface area contributed by atoms with Crippen molar-refractivity contribution in [2.75, 3.05) is 32.5 Å². The van der Waals surface area contributed by atoms with Crippen LogP contribution in [-0.2, 0) is 26.9 Å². The number of aryl methyl sites for hydroxylation is 3. The van der Waals surface area contributed by atoms with Crippen molar-refractivity contribution in [3.63, 3.8) is 0 Å². The number of phenolic OH excluding ortho intramolecular Hbond substituents is 1. The molecule has 0 saturated carbocycles. The van der Waals surface area contributed by atoms with Gasteiger partial charge in [0.2, 0.25) is 5.91 Å². The molecule has 308 valence electrons. The molecule has 5 rings (SSSR count). The Morgan fingerprint density at radius 2 is 1.70 bits per heavy atom. The summed E-state index contributed by atoms with van der Waals surface area (Å²) in [7, 11) is 0. The number of aromatic hydroxyl groups is 1. The first-order valence-electron chi connectivity index (χ1n) is 17.6. The molecule has 1 unspecified atom stereocenters. The Hall–Kier alpha value is -4.35. The summed E-state index contributed by atoms with van der Waals surface area (Å²) in [5.41, 5.74) is -1.37. The van der Waals surface area contributed by atoms with Crippen LogP contribution in [0.4, 0.5) is 30.2 Å². The maximum absolute atomic E-state index is 16.1. The van der Waals surface area contributed by atoms with Crippen LogP contribution < -0.4 is 10.9 Å². The average molecular weight is 889 g/mol. The van der Waals surface area contributed by atoms with E-state index >= 15 is 8.78 Å². The molecule has 1 aromatic heterocycles. The average Bonchev–Trinajstić information content (AvgIpc) is 3.09. The van der Waals surface area contributed by atoms with Gasteiger partial charge in [-0.3, -0.25) is 23.9 Å². The standard InChI is InChI=1S/C39H38BrF6N3O5.CH3FS/c1-5-54-34(52)16-31(28-13-24(12-22(4)36(28)43)35-21(3)10-20(2)11-32(35)50)47-38(53)37(27-14-25(40)6-7-30(27)42)49-17-23(8-9-48-18-26(41)19-48)29(15-33(49)51)39(44,45)46;1-3-2/h6-7,10-15,17,26,31,37,50H,5,8-9,16,18-19H2,1-4H3,(H,47,53);1H3/t31-,37?;/m0./s1. The molecule has 1 saturated heterocycles. The molecular weight excluding hydrogens is 847 g/mol. The second kappa shape index (κ2) is 19.4. The van der Waals surface area contributed by atoms with Gasteiger partial charge in [0.1, 0.15) is 29.6 Å². The maximum Gasteiger partial charge on any atom is 0.416 e. The summed E-state index contributed by atoms with van der Waals surface area (Å²) >= 11 is 3.47. The van der Waals surface area contributed by atoms with Crippen LogP contribution in [0.25, 0.3) is 11.1 Å². The van der Waals surface area contributed by atoms with Crippen LogP contribution >= 0.6 is 28.1 Å². The number of alkyl halides is 4. The number of nitrogens with one attached hydrogen (secondary N) is 1. The number of aromatic nitrogens is 1. The summed E-state index contributed by atoms with van der Waals surface area (Å²) < 4.78 is 104. The first kappa shape index (κ1) is 45.4. The summed E-state index contributed by atoms with van der Waals surface area (Å²) in [6.45, 7) is 6.52. The largest absolute Gasteiger partial charge is 0.507 e. The Morgan fingerprint density at radius 3 is 2.30 bits per heavy atom. The van der Waals surface area contributed by atoms with E-state index in [0.717, 1.165) is 17.8 Å². The second-order valence-electron chi connectivity index (χ2n) is 13.5. The Bertz CT molecular complexity index is 2140. The fraction of sp³-hybridized carbons (Fsp3) is 0.375. The molecule has 0 radical (unpaired) electrons. The van der Waals surface area contributed by atoms with Gasteiger partial charge in [0.15, 0.2) is 0 Å². The van der Waals surface area contributed by atoms with Gasteiger partial charge in [0.05, 0.1) is 24.6 Å². The molecule has 2 N–H and O–H groups in total. The van der Waals surface area contributed by atoms with Gasteiger partial charge in [-0.25, -0.2) is 13.2 Å². The molecule has 8 nitrogen and oxygen atoms in total. The third-order valence-electron chi connectivity index (χ3n) is 9.26. The lowest BCUT2D eigenvalue weighted by Gasteiger charge is -2.34. The van der Waals surface area contributed by atoms with Gasteiger partial charge in [-0.15, -0.1) is 0 Å². The van der Waals surface area contributed by atoms with Crippen LogP contribution in [0.1, 0.15) is 64.4 Å². The molecule has 2 atom stereocenters. The monoisotopic (exact) mass is 887 g/mol. The first-order chi connectivity index (χ1) is 26.8. The van der Waals surface area contributed by atoms with Crippen LogP contribution in [0.3, 0.4) is 0 Å². The Labute approximate surface area is 337 Å². The zero-order valence-corrected chi connectivity index (χ0v) is 34.0. The highest BCUT2D eigenvalue weighted by molar-refractivity contribution is 9.10. The van der Waals surface area contributed by atoms with Crippen LogP contribution in [-0.4, -0.2) is 65.1 Å². The van der Waals surface area contributed by atoms with E-state index in [1.54, 1.807) is 31.7 Å². The van der Waals surface area contributed by atoms with Gasteiger partial charge in [0, 0.05) is 71.5 Å². The zero-order valence-electron chi connectivity index (χ0n) is 31.6. The maximum atomic E-state index is 16.1. The Morgan fingerprint density at radius 1 is 1.04 bits per heavy atom. The van der Waals surface area contributed by atoms with Crippen molar-refractivity contribution in [3.8, 4) is 16.9 Å². The van der Waals surface area contributed by atoms with E-state index in [-0.39, 0.29) is 66.2 Å². The fourth-order valence-corrected chi connectivity index (χ4v) is 7.14. The molecule has 2 heterocycles. The number of phenols is 1. The number of hydrogen-bond acceptors (Lipinski definition) is 7. The number of hydrogen-bond donors (Lipinski definition) is 2. The minimum Gasteiger partial charge on any atom is -0.507 e. The molecule has 0 spiro atoms. The topological polar surface area (TPSA) is 101 Å². The number of ether oxygens (including phenoxy) is 1. The van der Waals surface area contributed by atoms with E-state index in [1.807, 2.05) is 0 Å². The number of esters is 1. The second-order valence-corrected chi connectivity index (χ2v) is 14.8. The molecule has 1 aliphatic rings. The van der Waals surface area contributed by atoms with E-state index < -0.39 is 76.6 Å². The number of carbonyl (C=O) groups excluding carboxylic acids is 2. The van der Waals surface area contributed by atoms with E-state index in [4.69, 9.17) is 4.74 Å². The number of halogens is 8. The molecule has 0 bridgehead atoms. The minimum atomic E-state index is -4.97. The van der Waals surface area contributed by atoms with Gasteiger partial charge in [-0.05, 0) is 98.3 Å². The molecule has 1 fully saturated rings. The van der Waals surface area contributed by atoms with E-state index in [9.17, 15) is 40.9 Å². The summed E-state index contributed by atoms with van der Waals surface area (Å²) in [6.07, 6.45) is -4.80. The molecule has 57 heavy (non-hydrogen) atoms. The SMILES string of the molecule is CCOC(=O)C[C@H](NC(=O)C(c1cc(Br)ccc1F)n1cc(CCN2CC(F)C2)c(C(F)(F)F)cc1=O)c1cc(-c2c(C)cc(C)cc2O)cc(C)c1F.CSF. The third-order valence-corrected chi connectivity index (χ3v) is 9.75. The summed E-state index contributed by atoms with van der Waals surface area (Å²) in [6, 6.07) is 6.49. The van der Waals surface area contributed by atoms with Crippen molar-refractivity contribution >= 4 is 40.0 Å². The molecule has 0 aliphatic carbocycles. The molecule has 3 aromatic carbocycles. The number of nitrogens with zero attached hydrogens (tertiary/aromatic N) is 2. The fourth-order valence-electron chi connectivity index (χ4n) is 6.76. The smallest absolute Gasteiger partial charge is 0.416 e. The number of amides is 1. The predicted octanol–water partition coefficient (Wildman–Crippen LogP) is 9.04. The van der Waals surface area contributed by atoms with Crippen molar-refractivity contribution in [2.24, 2.45) is 0 Å². The molecule has 1 aliphatic heterocycles. The summed E-state index contributed by atoms with van der Waals surface area (Å²) in [4.78, 5) is 42.5. The van der Waals surface area contributed by atoms with Crippen molar-refractivity contribution < 1.29 is 49.7 Å². The predicted molar refractivity (Wildman–Crippen MR) is 207 cm³/mol. The quantitative estimate of drug-likeness (QED) is 0.108. The van der Waals surface area contributed by atoms with Crippen LogP contribution in [0.5, 0.6) is 5.75 Å². The van der Waals surface area contributed by atoms with Crippen molar-refractivity contribution in [3.05, 3.63) is 120 Å². The zero-order chi connectivity index (χ0) is 42.4. The number of rotatable bonds is 12. The lowest BCUT2D eigenvalue weighted by atomic mass is 9.91. The van der Waals surface area contributed by atoms with Crippen LogP contribution in [0.2, 0.25) is 0 Å². The van der Waals surface area contributed by atoms with E-state index in [1.165, 1.54) is 43.5 Å². The first-order valence-corrected chi connectivity index (χ1v) is 19.6. The van der Waals surface area contributed by atoms with E-state index in [0.29, 0.717) is 27.3 Å². The van der Waals surface area contributed by atoms with E-state index in [2.05, 4.69) is 21.2 Å². The third kappa shape index (κ3) is 11.2. The summed E-state index contributed by atoms with van der Waals surface area (Å²) in [5, 5.41) is 13.4. The number of carbonyl (C=O) groups is 2.